The molecule has 0 aliphatic heterocycles. The van der Waals surface area contributed by atoms with Crippen LogP contribution < -0.4 is 5.32 Å². The van der Waals surface area contributed by atoms with Crippen LogP contribution in [0.1, 0.15) is 32.3 Å². The molecule has 21 heavy (non-hydrogen) atoms. The van der Waals surface area contributed by atoms with Gasteiger partial charge in [0.15, 0.2) is 0 Å². The molecule has 116 valence electrons. The largest absolute Gasteiger partial charge is 0.354 e. The number of hydrogen-bond donors (Lipinski definition) is 1. The number of rotatable bonds is 9. The van der Waals surface area contributed by atoms with Gasteiger partial charge >= 0.3 is 0 Å². The van der Waals surface area contributed by atoms with Gasteiger partial charge in [-0.1, -0.05) is 37.3 Å². The van der Waals surface area contributed by atoms with E-state index >= 15 is 0 Å². The summed E-state index contributed by atoms with van der Waals surface area (Å²) in [6, 6.07) is 11.1. The first-order valence-electron chi connectivity index (χ1n) is 7.88. The zero-order chi connectivity index (χ0) is 15.1. The Balaban J connectivity index is 1.63. The molecule has 1 atom stereocenters. The maximum Gasteiger partial charge on any atom is 0.232 e. The molecule has 0 spiro atoms. The molecule has 0 heterocycles. The Hall–Kier alpha value is -1.00. The van der Waals surface area contributed by atoms with Crippen LogP contribution in [0.2, 0.25) is 0 Å². The van der Waals surface area contributed by atoms with Crippen LogP contribution >= 0.6 is 11.8 Å². The Kier molecular flexibility index (Phi) is 6.58. The topological polar surface area (TPSA) is 32.3 Å². The van der Waals surface area contributed by atoms with Crippen molar-refractivity contribution >= 4 is 17.7 Å². The minimum absolute atomic E-state index is 0.00112. The van der Waals surface area contributed by atoms with Gasteiger partial charge in [0.05, 0.1) is 5.25 Å². The number of carbonyl (C=O) groups is 1. The summed E-state index contributed by atoms with van der Waals surface area (Å²) in [4.78, 5) is 14.5. The van der Waals surface area contributed by atoms with Crippen LogP contribution in [-0.2, 0) is 10.5 Å². The van der Waals surface area contributed by atoms with Gasteiger partial charge in [0.25, 0.3) is 0 Å². The van der Waals surface area contributed by atoms with Gasteiger partial charge in [0.1, 0.15) is 0 Å². The molecule has 1 unspecified atom stereocenters. The van der Waals surface area contributed by atoms with Gasteiger partial charge in [-0.2, -0.15) is 0 Å². The van der Waals surface area contributed by atoms with Gasteiger partial charge in [-0.25, -0.2) is 0 Å². The Morgan fingerprint density at radius 2 is 2.10 bits per heavy atom. The van der Waals surface area contributed by atoms with Crippen LogP contribution in [0.25, 0.3) is 0 Å². The minimum Gasteiger partial charge on any atom is -0.354 e. The summed E-state index contributed by atoms with van der Waals surface area (Å²) in [6.07, 6.45) is 2.65. The third kappa shape index (κ3) is 5.71. The van der Waals surface area contributed by atoms with Gasteiger partial charge in [0.2, 0.25) is 5.91 Å². The molecule has 2 rings (SSSR count). The Morgan fingerprint density at radius 3 is 2.71 bits per heavy atom. The number of benzene rings is 1. The quantitative estimate of drug-likeness (QED) is 0.761. The lowest BCUT2D eigenvalue weighted by Crippen LogP contribution is -2.38. The molecule has 1 aromatic carbocycles. The Labute approximate surface area is 132 Å². The van der Waals surface area contributed by atoms with Crippen LogP contribution in [0.5, 0.6) is 0 Å². The van der Waals surface area contributed by atoms with Crippen LogP contribution in [0.3, 0.4) is 0 Å². The fraction of sp³-hybridized carbons (Fsp3) is 0.588. The number of nitrogens with zero attached hydrogens (tertiary/aromatic N) is 1. The second-order valence-electron chi connectivity index (χ2n) is 5.59. The lowest BCUT2D eigenvalue weighted by Gasteiger charge is -2.20. The summed E-state index contributed by atoms with van der Waals surface area (Å²) in [6.45, 7) is 7.00. The van der Waals surface area contributed by atoms with Crippen molar-refractivity contribution in [2.75, 3.05) is 19.6 Å². The fourth-order valence-corrected chi connectivity index (χ4v) is 3.25. The first-order valence-corrected chi connectivity index (χ1v) is 8.93. The summed E-state index contributed by atoms with van der Waals surface area (Å²) < 4.78 is 0. The van der Waals surface area contributed by atoms with E-state index in [4.69, 9.17) is 0 Å². The van der Waals surface area contributed by atoms with Crippen molar-refractivity contribution in [1.29, 1.82) is 0 Å². The number of carbonyl (C=O) groups excluding carboxylic acids is 1. The van der Waals surface area contributed by atoms with Crippen molar-refractivity contribution in [2.24, 2.45) is 0 Å². The smallest absolute Gasteiger partial charge is 0.232 e. The van der Waals surface area contributed by atoms with Crippen molar-refractivity contribution in [2.45, 2.75) is 43.7 Å². The molecule has 0 aromatic heterocycles. The minimum atomic E-state index is 0.00112. The third-order valence-electron chi connectivity index (χ3n) is 3.88. The Bertz CT molecular complexity index is 434. The van der Waals surface area contributed by atoms with E-state index in [1.54, 1.807) is 11.8 Å². The second kappa shape index (κ2) is 8.44. The average molecular weight is 306 g/mol. The molecule has 1 N–H and O–H groups in total. The van der Waals surface area contributed by atoms with Gasteiger partial charge in [-0.15, -0.1) is 11.8 Å². The van der Waals surface area contributed by atoms with E-state index in [0.717, 1.165) is 31.4 Å². The maximum atomic E-state index is 12.1. The number of thioether (sulfide) groups is 1. The molecular formula is C17H26N2OS. The predicted octanol–water partition coefficient (Wildman–Crippen LogP) is 2.91. The van der Waals surface area contributed by atoms with Crippen molar-refractivity contribution in [3.8, 4) is 0 Å². The number of amides is 1. The molecule has 1 aliphatic rings. The van der Waals surface area contributed by atoms with Crippen LogP contribution in [0.15, 0.2) is 30.3 Å². The molecule has 0 saturated heterocycles. The highest BCUT2D eigenvalue weighted by Gasteiger charge is 2.27. The maximum absolute atomic E-state index is 12.1. The normalized spacial score (nSPS) is 16.0. The van der Waals surface area contributed by atoms with Gasteiger partial charge in [-0.05, 0) is 31.9 Å². The summed E-state index contributed by atoms with van der Waals surface area (Å²) in [5.74, 6) is 1.04. The molecule has 1 fully saturated rings. The molecule has 0 bridgehead atoms. The molecule has 1 saturated carbocycles. The standard InChI is InChI=1S/C17H26N2OS/c1-3-19(16-9-10-16)12-11-18-17(20)14(2)21-13-15-7-5-4-6-8-15/h4-8,14,16H,3,9-13H2,1-2H3,(H,18,20). The summed E-state index contributed by atoms with van der Waals surface area (Å²) in [5.41, 5.74) is 1.27. The van der Waals surface area contributed by atoms with Gasteiger partial charge in [0, 0.05) is 24.9 Å². The van der Waals surface area contributed by atoms with Crippen LogP contribution in [0.4, 0.5) is 0 Å². The molecule has 1 amide bonds. The second-order valence-corrected chi connectivity index (χ2v) is 6.92. The third-order valence-corrected chi connectivity index (χ3v) is 5.09. The summed E-state index contributed by atoms with van der Waals surface area (Å²) in [5, 5.41) is 3.07. The van der Waals surface area contributed by atoms with Crippen LogP contribution in [-0.4, -0.2) is 41.7 Å². The summed E-state index contributed by atoms with van der Waals surface area (Å²) in [7, 11) is 0. The number of nitrogens with one attached hydrogen (secondary N) is 1. The fourth-order valence-electron chi connectivity index (χ4n) is 2.38. The SMILES string of the molecule is CCN(CCNC(=O)C(C)SCc1ccccc1)C1CC1. The zero-order valence-corrected chi connectivity index (χ0v) is 13.9. The number of hydrogen-bond acceptors (Lipinski definition) is 3. The highest BCUT2D eigenvalue weighted by atomic mass is 32.2. The first kappa shape index (κ1) is 16.4. The molecule has 4 heteroatoms. The lowest BCUT2D eigenvalue weighted by molar-refractivity contribution is -0.120. The van der Waals surface area contributed by atoms with E-state index < -0.39 is 0 Å². The zero-order valence-electron chi connectivity index (χ0n) is 13.0. The highest BCUT2D eigenvalue weighted by Crippen LogP contribution is 2.25. The lowest BCUT2D eigenvalue weighted by atomic mass is 10.2. The molecule has 1 aliphatic carbocycles. The van der Waals surface area contributed by atoms with Crippen molar-refractivity contribution in [1.82, 2.24) is 10.2 Å². The van der Waals surface area contributed by atoms with E-state index in [1.807, 2.05) is 25.1 Å². The van der Waals surface area contributed by atoms with Crippen molar-refractivity contribution in [3.05, 3.63) is 35.9 Å². The predicted molar refractivity (Wildman–Crippen MR) is 90.5 cm³/mol. The van der Waals surface area contributed by atoms with Crippen molar-refractivity contribution in [3.63, 3.8) is 0 Å². The Morgan fingerprint density at radius 1 is 1.38 bits per heavy atom. The summed E-state index contributed by atoms with van der Waals surface area (Å²) >= 11 is 1.70. The van der Waals surface area contributed by atoms with Gasteiger partial charge in [-0.3, -0.25) is 9.69 Å². The average Bonchev–Trinajstić information content (AvgIpc) is 3.34. The first-order chi connectivity index (χ1) is 10.2. The van der Waals surface area contributed by atoms with E-state index in [9.17, 15) is 4.79 Å². The van der Waals surface area contributed by atoms with E-state index in [-0.39, 0.29) is 11.2 Å². The molecular weight excluding hydrogens is 280 g/mol. The highest BCUT2D eigenvalue weighted by molar-refractivity contribution is 7.99. The molecule has 0 radical (unpaired) electrons. The molecule has 3 nitrogen and oxygen atoms in total. The monoisotopic (exact) mass is 306 g/mol. The number of likely N-dealkylation sites (N-methyl/N-ethyl adjacent to an activating group) is 1. The van der Waals surface area contributed by atoms with E-state index in [2.05, 4.69) is 29.3 Å². The van der Waals surface area contributed by atoms with E-state index in [1.165, 1.54) is 18.4 Å². The van der Waals surface area contributed by atoms with Gasteiger partial charge < -0.3 is 5.32 Å². The van der Waals surface area contributed by atoms with E-state index in [0.29, 0.717) is 0 Å². The molecule has 1 aromatic rings. The van der Waals surface area contributed by atoms with Crippen LogP contribution in [0, 0.1) is 0 Å². The van der Waals surface area contributed by atoms with Crippen molar-refractivity contribution < 1.29 is 4.79 Å².